The molecule has 12 aromatic rings. The van der Waals surface area contributed by atoms with Crippen LogP contribution in [0, 0.1) is 0 Å². The molecule has 0 radical (unpaired) electrons. The second kappa shape index (κ2) is 14.3. The Bertz CT molecular complexity index is 3560. The average Bonchev–Trinajstić information content (AvgIpc) is 3.91. The molecule has 0 amide bonds. The fourth-order valence-corrected chi connectivity index (χ4v) is 9.11. The van der Waals surface area contributed by atoms with E-state index in [1.807, 2.05) is 12.1 Å². The largest absolute Gasteiger partial charge is 0.456 e. The zero-order valence-corrected chi connectivity index (χ0v) is 33.1. The van der Waals surface area contributed by atoms with Gasteiger partial charge >= 0.3 is 0 Å². The molecule has 0 aliphatic heterocycles. The molecule has 0 bridgehead atoms. The molecule has 0 unspecified atom stereocenters. The van der Waals surface area contributed by atoms with Crippen molar-refractivity contribution in [1.29, 1.82) is 0 Å². The van der Waals surface area contributed by atoms with Gasteiger partial charge in [0.25, 0.3) is 0 Å². The molecule has 2 aromatic heterocycles. The molecule has 0 aliphatic carbocycles. The predicted octanol–water partition coefficient (Wildman–Crippen LogP) is 16.8. The average molecular weight is 780 g/mol. The number of benzene rings is 10. The molecule has 0 N–H and O–H groups in total. The second-order valence-corrected chi connectivity index (χ2v) is 15.6. The van der Waals surface area contributed by atoms with Crippen LogP contribution in [0.2, 0.25) is 0 Å². The molecular weight excluding hydrogens is 743 g/mol. The second-order valence-electron chi connectivity index (χ2n) is 15.6. The highest BCUT2D eigenvalue weighted by Crippen LogP contribution is 2.46. The lowest BCUT2D eigenvalue weighted by atomic mass is 9.91. The highest BCUT2D eigenvalue weighted by molar-refractivity contribution is 6.19. The minimum absolute atomic E-state index is 0.854. The molecule has 0 aliphatic rings. The predicted molar refractivity (Wildman–Crippen MR) is 255 cm³/mol. The van der Waals surface area contributed by atoms with Gasteiger partial charge in [-0.3, -0.25) is 0 Å². The molecule has 2 heterocycles. The first-order chi connectivity index (χ1) is 30.2. The number of rotatable bonds is 7. The van der Waals surface area contributed by atoms with Gasteiger partial charge in [0.2, 0.25) is 0 Å². The maximum Gasteiger partial charge on any atom is 0.143 e. The van der Waals surface area contributed by atoms with Crippen molar-refractivity contribution >= 4 is 71.7 Å². The van der Waals surface area contributed by atoms with Gasteiger partial charge in [0.1, 0.15) is 22.3 Å². The van der Waals surface area contributed by atoms with Gasteiger partial charge < -0.3 is 13.7 Å². The Balaban J connectivity index is 0.997. The van der Waals surface area contributed by atoms with Gasteiger partial charge in [0.15, 0.2) is 0 Å². The minimum Gasteiger partial charge on any atom is -0.456 e. The summed E-state index contributed by atoms with van der Waals surface area (Å²) in [5.74, 6) is 0. The standard InChI is InChI=1S/C58H37NO2/c1-3-12-38(13-4-1)43-27-33-47(52(36-43)40-14-5-2-6-15-40)42-24-31-46(32-25-42)59(53-19-11-21-55-57(53)51-35-26-41-16-7-8-17-48(41)58(51)61-55)45-29-22-39(23-30-45)44-28-34-50-49-18-9-10-20-54(49)60-56(50)37-44/h1-37H. The summed E-state index contributed by atoms with van der Waals surface area (Å²) in [7, 11) is 0. The van der Waals surface area contributed by atoms with Crippen molar-refractivity contribution in [2.45, 2.75) is 0 Å². The molecule has 3 heteroatoms. The van der Waals surface area contributed by atoms with Crippen molar-refractivity contribution in [1.82, 2.24) is 0 Å². The van der Waals surface area contributed by atoms with E-state index in [0.29, 0.717) is 0 Å². The Kier molecular flexibility index (Phi) is 8.17. The molecular formula is C58H37NO2. The van der Waals surface area contributed by atoms with E-state index >= 15 is 0 Å². The first-order valence-corrected chi connectivity index (χ1v) is 20.7. The van der Waals surface area contributed by atoms with Gasteiger partial charge in [-0.25, -0.2) is 0 Å². The molecule has 286 valence electrons. The monoisotopic (exact) mass is 779 g/mol. The Hall–Kier alpha value is -8.14. The summed E-state index contributed by atoms with van der Waals surface area (Å²) in [5, 5.41) is 6.70. The van der Waals surface area contributed by atoms with Crippen molar-refractivity contribution < 1.29 is 8.83 Å². The first-order valence-electron chi connectivity index (χ1n) is 20.7. The maximum atomic E-state index is 6.70. The Morgan fingerprint density at radius 2 is 0.852 bits per heavy atom. The molecule has 0 saturated heterocycles. The van der Waals surface area contributed by atoms with Crippen LogP contribution in [-0.2, 0) is 0 Å². The molecule has 0 atom stereocenters. The van der Waals surface area contributed by atoms with Crippen LogP contribution in [0.3, 0.4) is 0 Å². The van der Waals surface area contributed by atoms with E-state index in [1.165, 1.54) is 27.8 Å². The summed E-state index contributed by atoms with van der Waals surface area (Å²) in [6.07, 6.45) is 0. The third-order valence-corrected chi connectivity index (χ3v) is 12.1. The van der Waals surface area contributed by atoms with Crippen LogP contribution in [0.5, 0.6) is 0 Å². The molecule has 61 heavy (non-hydrogen) atoms. The topological polar surface area (TPSA) is 29.5 Å². The molecule has 3 nitrogen and oxygen atoms in total. The normalized spacial score (nSPS) is 11.6. The van der Waals surface area contributed by atoms with Crippen molar-refractivity contribution in [3.63, 3.8) is 0 Å². The van der Waals surface area contributed by atoms with Crippen molar-refractivity contribution in [3.8, 4) is 44.5 Å². The number of hydrogen-bond acceptors (Lipinski definition) is 3. The van der Waals surface area contributed by atoms with Gasteiger partial charge in [-0.2, -0.15) is 0 Å². The van der Waals surface area contributed by atoms with Gasteiger partial charge in [-0.15, -0.1) is 0 Å². The van der Waals surface area contributed by atoms with Crippen LogP contribution in [0.1, 0.15) is 0 Å². The van der Waals surface area contributed by atoms with Crippen molar-refractivity contribution in [3.05, 3.63) is 224 Å². The van der Waals surface area contributed by atoms with Gasteiger partial charge in [-0.1, -0.05) is 158 Å². The van der Waals surface area contributed by atoms with Crippen LogP contribution in [0.15, 0.2) is 233 Å². The van der Waals surface area contributed by atoms with Crippen molar-refractivity contribution in [2.75, 3.05) is 4.90 Å². The summed E-state index contributed by atoms with van der Waals surface area (Å²) in [6.45, 7) is 0. The number of anilines is 3. The Morgan fingerprint density at radius 1 is 0.295 bits per heavy atom. The lowest BCUT2D eigenvalue weighted by Gasteiger charge is -2.27. The Labute approximate surface area is 353 Å². The summed E-state index contributed by atoms with van der Waals surface area (Å²) >= 11 is 0. The Morgan fingerprint density at radius 3 is 1.64 bits per heavy atom. The summed E-state index contributed by atoms with van der Waals surface area (Å²) in [5.41, 5.74) is 16.0. The SMILES string of the molecule is c1ccc(-c2ccc(-c3ccc(N(c4ccc(-c5ccc6c(c5)oc5ccccc56)cc4)c4cccc5oc6c7ccccc7ccc6c45)cc3)c(-c3ccccc3)c2)cc1. The third-order valence-electron chi connectivity index (χ3n) is 12.1. The number of hydrogen-bond donors (Lipinski definition) is 0. The van der Waals surface area contributed by atoms with Crippen LogP contribution >= 0.6 is 0 Å². The lowest BCUT2D eigenvalue weighted by molar-refractivity contribution is 0.669. The van der Waals surface area contributed by atoms with Gasteiger partial charge in [0, 0.05) is 32.9 Å². The number of nitrogens with zero attached hydrogens (tertiary/aromatic N) is 1. The molecule has 12 rings (SSSR count). The van der Waals surface area contributed by atoms with E-state index in [0.717, 1.165) is 88.4 Å². The van der Waals surface area contributed by atoms with E-state index in [1.54, 1.807) is 0 Å². The van der Waals surface area contributed by atoms with E-state index in [-0.39, 0.29) is 0 Å². The molecule has 0 fully saturated rings. The quantitative estimate of drug-likeness (QED) is 0.161. The van der Waals surface area contributed by atoms with E-state index < -0.39 is 0 Å². The van der Waals surface area contributed by atoms with Crippen LogP contribution in [0.25, 0.3) is 99.2 Å². The van der Waals surface area contributed by atoms with Gasteiger partial charge in [-0.05, 0) is 117 Å². The maximum absolute atomic E-state index is 6.70. The smallest absolute Gasteiger partial charge is 0.143 e. The van der Waals surface area contributed by atoms with Gasteiger partial charge in [0.05, 0.1) is 11.1 Å². The third kappa shape index (κ3) is 5.98. The first kappa shape index (κ1) is 34.9. The van der Waals surface area contributed by atoms with E-state index in [2.05, 4.69) is 217 Å². The lowest BCUT2D eigenvalue weighted by Crippen LogP contribution is -2.10. The summed E-state index contributed by atoms with van der Waals surface area (Å²) < 4.78 is 13.0. The summed E-state index contributed by atoms with van der Waals surface area (Å²) in [4.78, 5) is 2.36. The highest BCUT2D eigenvalue weighted by Gasteiger charge is 2.21. The fraction of sp³-hybridized carbons (Fsp3) is 0. The van der Waals surface area contributed by atoms with Crippen molar-refractivity contribution in [2.24, 2.45) is 0 Å². The number of fused-ring (bicyclic) bond motifs is 8. The van der Waals surface area contributed by atoms with Crippen LogP contribution in [-0.4, -0.2) is 0 Å². The molecule has 0 saturated carbocycles. The number of furan rings is 2. The highest BCUT2D eigenvalue weighted by atomic mass is 16.3. The molecule has 10 aromatic carbocycles. The van der Waals surface area contributed by atoms with E-state index in [4.69, 9.17) is 8.83 Å². The minimum atomic E-state index is 0.854. The van der Waals surface area contributed by atoms with Crippen LogP contribution < -0.4 is 4.90 Å². The zero-order chi connectivity index (χ0) is 40.3. The summed E-state index contributed by atoms with van der Waals surface area (Å²) in [6, 6.07) is 79.9. The number of para-hydroxylation sites is 1. The van der Waals surface area contributed by atoms with Crippen LogP contribution in [0.4, 0.5) is 17.1 Å². The van der Waals surface area contributed by atoms with E-state index in [9.17, 15) is 0 Å². The zero-order valence-electron chi connectivity index (χ0n) is 33.1. The fourth-order valence-electron chi connectivity index (χ4n) is 9.11. The molecule has 0 spiro atoms.